The monoisotopic (exact) mass is 492 g/mol. The Morgan fingerprint density at radius 1 is 1.06 bits per heavy atom. The van der Waals surface area contributed by atoms with Gasteiger partial charge in [0, 0.05) is 30.5 Å². The zero-order valence-electron chi connectivity index (χ0n) is 19.1. The summed E-state index contributed by atoms with van der Waals surface area (Å²) in [6, 6.07) is 8.41. The first kappa shape index (κ1) is 22.2. The Morgan fingerprint density at radius 3 is 2.75 bits per heavy atom. The van der Waals surface area contributed by atoms with Gasteiger partial charge < -0.3 is 14.9 Å². The zero-order valence-corrected chi connectivity index (χ0v) is 19.1. The highest BCUT2D eigenvalue weighted by molar-refractivity contribution is 6.01. The van der Waals surface area contributed by atoms with Crippen LogP contribution in [0.2, 0.25) is 0 Å². The molecule has 1 unspecified atom stereocenters. The number of pyridine rings is 1. The van der Waals surface area contributed by atoms with Gasteiger partial charge >= 0.3 is 5.97 Å². The molecule has 0 aliphatic carbocycles. The summed E-state index contributed by atoms with van der Waals surface area (Å²) in [5.41, 5.74) is 2.74. The molecule has 1 atom stereocenters. The summed E-state index contributed by atoms with van der Waals surface area (Å²) in [4.78, 5) is 28.4. The van der Waals surface area contributed by atoms with Crippen LogP contribution in [-0.2, 0) is 13.1 Å². The summed E-state index contributed by atoms with van der Waals surface area (Å²) in [7, 11) is 0. The van der Waals surface area contributed by atoms with E-state index in [0.717, 1.165) is 24.2 Å². The van der Waals surface area contributed by atoms with Crippen molar-refractivity contribution < 1.29 is 23.5 Å². The SMILES string of the molecule is O=C(O)c1cc2n(n1)CCN(C(=O)c1cnn3ccc(N4CCCC4c4cc(F)ccc4F)cc13)C2. The summed E-state index contributed by atoms with van der Waals surface area (Å²) < 4.78 is 31.6. The van der Waals surface area contributed by atoms with E-state index in [2.05, 4.69) is 10.2 Å². The van der Waals surface area contributed by atoms with Gasteiger partial charge in [0.15, 0.2) is 5.69 Å². The first-order valence-corrected chi connectivity index (χ1v) is 11.7. The van der Waals surface area contributed by atoms with Gasteiger partial charge in [0.2, 0.25) is 0 Å². The van der Waals surface area contributed by atoms with Crippen LogP contribution < -0.4 is 4.90 Å². The van der Waals surface area contributed by atoms with E-state index in [1.54, 1.807) is 20.3 Å². The van der Waals surface area contributed by atoms with Crippen LogP contribution in [0.1, 0.15) is 51.0 Å². The maximum absolute atomic E-state index is 14.5. The van der Waals surface area contributed by atoms with Gasteiger partial charge in [0.25, 0.3) is 5.91 Å². The fourth-order valence-electron chi connectivity index (χ4n) is 5.20. The van der Waals surface area contributed by atoms with Gasteiger partial charge in [-0.2, -0.15) is 10.2 Å². The summed E-state index contributed by atoms with van der Waals surface area (Å²) in [6.45, 7) is 1.70. The topological polar surface area (TPSA) is 96.0 Å². The van der Waals surface area contributed by atoms with Gasteiger partial charge in [-0.25, -0.2) is 18.1 Å². The molecule has 36 heavy (non-hydrogen) atoms. The molecule has 11 heteroatoms. The van der Waals surface area contributed by atoms with Gasteiger partial charge in [0.1, 0.15) is 11.6 Å². The normalized spacial score (nSPS) is 17.6. The lowest BCUT2D eigenvalue weighted by Crippen LogP contribution is -2.38. The number of carbonyl (C=O) groups is 2. The number of hydrogen-bond donors (Lipinski definition) is 1. The van der Waals surface area contributed by atoms with Crippen LogP contribution in [0.3, 0.4) is 0 Å². The third-order valence-electron chi connectivity index (χ3n) is 6.94. The molecule has 2 aliphatic heterocycles. The Labute approximate surface area is 204 Å². The summed E-state index contributed by atoms with van der Waals surface area (Å²) >= 11 is 0. The molecule has 0 spiro atoms. The highest BCUT2D eigenvalue weighted by atomic mass is 19.1. The van der Waals surface area contributed by atoms with Crippen molar-refractivity contribution >= 4 is 23.1 Å². The Morgan fingerprint density at radius 2 is 1.92 bits per heavy atom. The number of fused-ring (bicyclic) bond motifs is 2. The van der Waals surface area contributed by atoms with Crippen molar-refractivity contribution in [3.05, 3.63) is 82.9 Å². The molecule has 3 aromatic heterocycles. The number of anilines is 1. The second-order valence-corrected chi connectivity index (χ2v) is 9.07. The van der Waals surface area contributed by atoms with Crippen LogP contribution in [-0.4, -0.2) is 54.4 Å². The molecular formula is C25H22F2N6O3. The lowest BCUT2D eigenvalue weighted by Gasteiger charge is -2.28. The van der Waals surface area contributed by atoms with Crippen molar-refractivity contribution in [2.45, 2.75) is 32.0 Å². The van der Waals surface area contributed by atoms with Crippen LogP contribution >= 0.6 is 0 Å². The molecule has 9 nitrogen and oxygen atoms in total. The van der Waals surface area contributed by atoms with Crippen LogP contribution in [0, 0.1) is 11.6 Å². The molecular weight excluding hydrogens is 470 g/mol. The number of carboxylic acid groups (broad SMARTS) is 1. The number of benzene rings is 1. The summed E-state index contributed by atoms with van der Waals surface area (Å²) in [5.74, 6) is -2.25. The first-order valence-electron chi connectivity index (χ1n) is 11.7. The van der Waals surface area contributed by atoms with E-state index < -0.39 is 17.6 Å². The zero-order chi connectivity index (χ0) is 25.0. The van der Waals surface area contributed by atoms with E-state index in [-0.39, 0.29) is 24.2 Å². The van der Waals surface area contributed by atoms with Crippen molar-refractivity contribution in [1.29, 1.82) is 0 Å². The Hall–Kier alpha value is -4.28. The molecule has 1 aromatic carbocycles. The largest absolute Gasteiger partial charge is 0.476 e. The summed E-state index contributed by atoms with van der Waals surface area (Å²) in [6.07, 6.45) is 4.79. The molecule has 0 radical (unpaired) electrons. The Kier molecular flexibility index (Phi) is 5.20. The van der Waals surface area contributed by atoms with E-state index in [1.807, 2.05) is 17.0 Å². The van der Waals surface area contributed by atoms with Gasteiger partial charge in [0.05, 0.1) is 42.1 Å². The smallest absolute Gasteiger partial charge is 0.356 e. The summed E-state index contributed by atoms with van der Waals surface area (Å²) in [5, 5.41) is 17.6. The third kappa shape index (κ3) is 3.67. The molecule has 6 rings (SSSR count). The van der Waals surface area contributed by atoms with Gasteiger partial charge in [-0.15, -0.1) is 0 Å². The number of amides is 1. The molecule has 5 heterocycles. The minimum absolute atomic E-state index is 0.0465. The van der Waals surface area contributed by atoms with Gasteiger partial charge in [-0.3, -0.25) is 9.48 Å². The molecule has 0 saturated carbocycles. The van der Waals surface area contributed by atoms with E-state index >= 15 is 0 Å². The minimum atomic E-state index is -1.11. The predicted molar refractivity (Wildman–Crippen MR) is 125 cm³/mol. The molecule has 0 bridgehead atoms. The second-order valence-electron chi connectivity index (χ2n) is 9.07. The van der Waals surface area contributed by atoms with Crippen molar-refractivity contribution in [2.24, 2.45) is 0 Å². The van der Waals surface area contributed by atoms with Crippen LogP contribution in [0.5, 0.6) is 0 Å². The lowest BCUT2D eigenvalue weighted by molar-refractivity contribution is 0.0680. The number of nitrogens with zero attached hydrogens (tertiary/aromatic N) is 6. The van der Waals surface area contributed by atoms with Crippen molar-refractivity contribution in [3.8, 4) is 0 Å². The number of halogens is 2. The number of aromatic carboxylic acids is 1. The third-order valence-corrected chi connectivity index (χ3v) is 6.94. The van der Waals surface area contributed by atoms with Crippen molar-refractivity contribution in [2.75, 3.05) is 18.0 Å². The van der Waals surface area contributed by atoms with Crippen molar-refractivity contribution in [1.82, 2.24) is 24.3 Å². The lowest BCUT2D eigenvalue weighted by atomic mass is 10.0. The Bertz CT molecular complexity index is 1510. The van der Waals surface area contributed by atoms with E-state index in [9.17, 15) is 23.5 Å². The fourth-order valence-corrected chi connectivity index (χ4v) is 5.20. The average molecular weight is 492 g/mol. The first-order chi connectivity index (χ1) is 17.4. The number of hydrogen-bond acceptors (Lipinski definition) is 5. The maximum Gasteiger partial charge on any atom is 0.356 e. The van der Waals surface area contributed by atoms with Gasteiger partial charge in [-0.05, 0) is 49.2 Å². The second kappa shape index (κ2) is 8.43. The minimum Gasteiger partial charge on any atom is -0.476 e. The Balaban J connectivity index is 1.30. The van der Waals surface area contributed by atoms with Crippen molar-refractivity contribution in [3.63, 3.8) is 0 Å². The van der Waals surface area contributed by atoms with Gasteiger partial charge in [-0.1, -0.05) is 0 Å². The molecule has 4 aromatic rings. The van der Waals surface area contributed by atoms with E-state index in [1.165, 1.54) is 18.3 Å². The van der Waals surface area contributed by atoms with E-state index in [4.69, 9.17) is 0 Å². The number of rotatable bonds is 4. The van der Waals surface area contributed by atoms with Crippen LogP contribution in [0.15, 0.2) is 48.8 Å². The quantitative estimate of drug-likeness (QED) is 0.469. The molecule has 1 N–H and O–H groups in total. The number of carboxylic acids is 1. The predicted octanol–water partition coefficient (Wildman–Crippen LogP) is 3.50. The molecule has 1 saturated heterocycles. The van der Waals surface area contributed by atoms with Crippen LogP contribution in [0.25, 0.3) is 5.52 Å². The average Bonchev–Trinajstić information content (AvgIpc) is 3.62. The highest BCUT2D eigenvalue weighted by Crippen LogP contribution is 2.38. The highest BCUT2D eigenvalue weighted by Gasteiger charge is 2.30. The van der Waals surface area contributed by atoms with E-state index in [0.29, 0.717) is 48.4 Å². The molecule has 1 fully saturated rings. The molecule has 184 valence electrons. The standard InChI is InChI=1S/C25H22F2N6O3/c26-15-3-4-20(27)18(10-15)22-2-1-6-31(22)16-5-7-33-23(12-16)19(13-28-33)24(34)30-8-9-32-17(14-30)11-21(29-32)25(35)36/h3-5,7,10-13,22H,1-2,6,8-9,14H2,(H,35,36). The number of aromatic nitrogens is 4. The molecule has 2 aliphatic rings. The molecule has 1 amide bonds. The van der Waals surface area contributed by atoms with Crippen LogP contribution in [0.4, 0.5) is 14.5 Å². The maximum atomic E-state index is 14.5. The fraction of sp³-hybridized carbons (Fsp3) is 0.280. The number of carbonyl (C=O) groups excluding carboxylic acids is 1.